The molecule has 3 aliphatic rings. The Morgan fingerprint density at radius 1 is 1.00 bits per heavy atom. The van der Waals surface area contributed by atoms with Crippen molar-refractivity contribution >= 4 is 11.8 Å². The number of carbonyl (C=O) groups is 2. The van der Waals surface area contributed by atoms with Gasteiger partial charge in [0.25, 0.3) is 0 Å². The number of likely N-dealkylation sites (tertiary alicyclic amines) is 1. The van der Waals surface area contributed by atoms with Crippen LogP contribution in [0.2, 0.25) is 0 Å². The summed E-state index contributed by atoms with van der Waals surface area (Å²) < 4.78 is 2.19. The number of nitrogens with zero attached hydrogens (tertiary/aromatic N) is 5. The second-order valence-electron chi connectivity index (χ2n) is 8.43. The average Bonchev–Trinajstić information content (AvgIpc) is 3.35. The summed E-state index contributed by atoms with van der Waals surface area (Å²) in [5.74, 6) is 3.30. The van der Waals surface area contributed by atoms with Gasteiger partial charge in [0.1, 0.15) is 5.82 Å². The van der Waals surface area contributed by atoms with Gasteiger partial charge in [-0.05, 0) is 25.2 Å². The third-order valence-electron chi connectivity index (χ3n) is 6.61. The second kappa shape index (κ2) is 7.98. The number of hydrogen-bond acceptors (Lipinski definition) is 4. The maximum Gasteiger partial charge on any atom is 0.223 e. The van der Waals surface area contributed by atoms with E-state index in [9.17, 15) is 9.59 Å². The van der Waals surface area contributed by atoms with Crippen molar-refractivity contribution in [2.75, 3.05) is 19.6 Å². The van der Waals surface area contributed by atoms with Gasteiger partial charge >= 0.3 is 0 Å². The fourth-order valence-electron chi connectivity index (χ4n) is 4.95. The predicted octanol–water partition coefficient (Wildman–Crippen LogP) is 2.32. The summed E-state index contributed by atoms with van der Waals surface area (Å²) >= 11 is 0. The normalized spacial score (nSPS) is 23.5. The van der Waals surface area contributed by atoms with E-state index in [1.165, 1.54) is 25.7 Å². The van der Waals surface area contributed by atoms with Crippen LogP contribution in [0.3, 0.4) is 0 Å². The van der Waals surface area contributed by atoms with Crippen LogP contribution >= 0.6 is 0 Å². The van der Waals surface area contributed by atoms with Gasteiger partial charge in [-0.25, -0.2) is 0 Å². The fourth-order valence-corrected chi connectivity index (χ4v) is 4.95. The molecule has 1 atom stereocenters. The molecule has 2 fully saturated rings. The monoisotopic (exact) mass is 373 g/mol. The minimum Gasteiger partial charge on any atom is -0.342 e. The Morgan fingerprint density at radius 2 is 1.81 bits per heavy atom. The highest BCUT2D eigenvalue weighted by Gasteiger charge is 2.31. The molecule has 2 amide bonds. The number of hydrogen-bond donors (Lipinski definition) is 0. The van der Waals surface area contributed by atoms with Gasteiger partial charge in [0, 0.05) is 45.4 Å². The zero-order valence-electron chi connectivity index (χ0n) is 16.4. The molecule has 0 radical (unpaired) electrons. The van der Waals surface area contributed by atoms with Crippen LogP contribution in [0.5, 0.6) is 0 Å². The number of fused-ring (bicyclic) bond motifs is 1. The van der Waals surface area contributed by atoms with Crippen molar-refractivity contribution in [3.63, 3.8) is 0 Å². The van der Waals surface area contributed by atoms with E-state index < -0.39 is 0 Å². The van der Waals surface area contributed by atoms with E-state index in [0.29, 0.717) is 13.0 Å². The van der Waals surface area contributed by atoms with E-state index in [0.717, 1.165) is 63.0 Å². The van der Waals surface area contributed by atoms with E-state index in [2.05, 4.69) is 14.8 Å². The summed E-state index contributed by atoms with van der Waals surface area (Å²) in [6.45, 7) is 5.29. The van der Waals surface area contributed by atoms with Crippen LogP contribution in [-0.2, 0) is 22.7 Å². The molecular weight excluding hydrogens is 342 g/mol. The van der Waals surface area contributed by atoms with Gasteiger partial charge in [0.15, 0.2) is 5.82 Å². The van der Waals surface area contributed by atoms with Crippen molar-refractivity contribution in [3.05, 3.63) is 11.6 Å². The highest BCUT2D eigenvalue weighted by atomic mass is 16.2. The first-order chi connectivity index (χ1) is 13.1. The third kappa shape index (κ3) is 4.01. The van der Waals surface area contributed by atoms with Gasteiger partial charge in [-0.1, -0.05) is 25.7 Å². The Kier molecular flexibility index (Phi) is 5.45. The van der Waals surface area contributed by atoms with E-state index >= 15 is 0 Å². The standard InChI is InChI=1S/C20H31N5O2/c1-15(26)23-10-4-7-17(13-23)20-22-21-18-14-24(11-12-25(18)20)19(27)9-8-16-5-2-3-6-16/h16-17H,2-14H2,1H3. The van der Waals surface area contributed by atoms with Gasteiger partial charge in [-0.15, -0.1) is 10.2 Å². The molecule has 0 spiro atoms. The smallest absolute Gasteiger partial charge is 0.223 e. The second-order valence-corrected chi connectivity index (χ2v) is 8.43. The molecule has 0 aromatic carbocycles. The lowest BCUT2D eigenvalue weighted by molar-refractivity contribution is -0.133. The van der Waals surface area contributed by atoms with Gasteiger partial charge < -0.3 is 14.4 Å². The van der Waals surface area contributed by atoms with Crippen molar-refractivity contribution in [1.29, 1.82) is 0 Å². The van der Waals surface area contributed by atoms with Crippen molar-refractivity contribution in [2.45, 2.75) is 77.3 Å². The molecule has 1 aromatic heterocycles. The van der Waals surface area contributed by atoms with Crippen LogP contribution in [0.1, 0.15) is 75.9 Å². The van der Waals surface area contributed by atoms with Crippen molar-refractivity contribution < 1.29 is 9.59 Å². The molecule has 27 heavy (non-hydrogen) atoms. The molecule has 7 heteroatoms. The topological polar surface area (TPSA) is 71.3 Å². The zero-order chi connectivity index (χ0) is 18.8. The maximum absolute atomic E-state index is 12.6. The molecular formula is C20H31N5O2. The van der Waals surface area contributed by atoms with Crippen LogP contribution in [0.4, 0.5) is 0 Å². The Morgan fingerprint density at radius 3 is 2.59 bits per heavy atom. The molecule has 0 bridgehead atoms. The Bertz CT molecular complexity index is 695. The average molecular weight is 374 g/mol. The molecule has 0 N–H and O–H groups in total. The molecule has 2 aliphatic heterocycles. The van der Waals surface area contributed by atoms with E-state index in [1.54, 1.807) is 6.92 Å². The number of piperidine rings is 1. The lowest BCUT2D eigenvalue weighted by Crippen LogP contribution is -2.41. The fraction of sp³-hybridized carbons (Fsp3) is 0.800. The highest BCUT2D eigenvalue weighted by Crippen LogP contribution is 2.30. The first kappa shape index (κ1) is 18.4. The van der Waals surface area contributed by atoms with Crippen LogP contribution in [0.25, 0.3) is 0 Å². The van der Waals surface area contributed by atoms with E-state index in [1.807, 2.05) is 9.80 Å². The largest absolute Gasteiger partial charge is 0.342 e. The van der Waals surface area contributed by atoms with Crippen LogP contribution in [-0.4, -0.2) is 56.0 Å². The predicted molar refractivity (Wildman–Crippen MR) is 101 cm³/mol. The molecule has 1 aromatic rings. The molecule has 148 valence electrons. The number of aromatic nitrogens is 3. The van der Waals surface area contributed by atoms with Gasteiger partial charge in [-0.2, -0.15) is 0 Å². The van der Waals surface area contributed by atoms with Crippen molar-refractivity contribution in [1.82, 2.24) is 24.6 Å². The maximum atomic E-state index is 12.6. The van der Waals surface area contributed by atoms with Crippen LogP contribution in [0.15, 0.2) is 0 Å². The minimum atomic E-state index is 0.136. The summed E-state index contributed by atoms with van der Waals surface area (Å²) in [7, 11) is 0. The molecule has 1 saturated carbocycles. The Balaban J connectivity index is 1.37. The number of rotatable bonds is 4. The van der Waals surface area contributed by atoms with Gasteiger partial charge in [0.05, 0.1) is 6.54 Å². The van der Waals surface area contributed by atoms with Gasteiger partial charge in [0.2, 0.25) is 11.8 Å². The number of amides is 2. The lowest BCUT2D eigenvalue weighted by Gasteiger charge is -2.33. The van der Waals surface area contributed by atoms with Crippen molar-refractivity contribution in [3.8, 4) is 0 Å². The van der Waals surface area contributed by atoms with Crippen molar-refractivity contribution in [2.24, 2.45) is 5.92 Å². The Labute approximate surface area is 161 Å². The van der Waals surface area contributed by atoms with E-state index in [4.69, 9.17) is 0 Å². The van der Waals surface area contributed by atoms with Gasteiger partial charge in [-0.3, -0.25) is 9.59 Å². The summed E-state index contributed by atoms with van der Waals surface area (Å²) in [5.41, 5.74) is 0. The quantitative estimate of drug-likeness (QED) is 0.812. The van der Waals surface area contributed by atoms with E-state index in [-0.39, 0.29) is 17.7 Å². The Hall–Kier alpha value is -1.92. The highest BCUT2D eigenvalue weighted by molar-refractivity contribution is 5.76. The molecule has 1 unspecified atom stereocenters. The molecule has 4 rings (SSSR count). The first-order valence-corrected chi connectivity index (χ1v) is 10.6. The molecule has 3 heterocycles. The van der Waals surface area contributed by atoms with Crippen LogP contribution in [0, 0.1) is 5.92 Å². The third-order valence-corrected chi connectivity index (χ3v) is 6.61. The number of carbonyl (C=O) groups excluding carboxylic acids is 2. The van der Waals surface area contributed by atoms with Crippen LogP contribution < -0.4 is 0 Å². The summed E-state index contributed by atoms with van der Waals surface area (Å²) in [6.07, 6.45) is 9.02. The zero-order valence-corrected chi connectivity index (χ0v) is 16.4. The summed E-state index contributed by atoms with van der Waals surface area (Å²) in [4.78, 5) is 28.2. The molecule has 1 saturated heterocycles. The minimum absolute atomic E-state index is 0.136. The molecule has 7 nitrogen and oxygen atoms in total. The first-order valence-electron chi connectivity index (χ1n) is 10.6. The summed E-state index contributed by atoms with van der Waals surface area (Å²) in [6, 6.07) is 0. The summed E-state index contributed by atoms with van der Waals surface area (Å²) in [5, 5.41) is 8.84. The lowest BCUT2D eigenvalue weighted by atomic mass is 9.97. The SMILES string of the molecule is CC(=O)N1CCCC(c2nnc3n2CCN(C(=O)CCC2CCCC2)C3)C1. The molecule has 1 aliphatic carbocycles.